The molecule has 2 aromatic heterocycles. The number of hydrogen-bond donors (Lipinski definition) is 0. The molecule has 116 valence electrons. The Kier molecular flexibility index (Phi) is 4.75. The third-order valence-corrected chi connectivity index (χ3v) is 3.99. The summed E-state index contributed by atoms with van der Waals surface area (Å²) in [5, 5.41) is 0. The van der Waals surface area contributed by atoms with Crippen LogP contribution in [0.5, 0.6) is 0 Å². The molecular formula is C17H23N5. The number of rotatable bonds is 5. The van der Waals surface area contributed by atoms with Crippen LogP contribution in [-0.2, 0) is 13.1 Å². The Bertz CT molecular complexity index is 599. The van der Waals surface area contributed by atoms with Crippen LogP contribution in [0.4, 0.5) is 0 Å². The molecule has 1 fully saturated rings. The van der Waals surface area contributed by atoms with E-state index in [1.807, 2.05) is 30.9 Å². The fourth-order valence-electron chi connectivity index (χ4n) is 3.06. The number of nitrogens with zero attached hydrogens (tertiary/aromatic N) is 5. The molecule has 0 N–H and O–H groups in total. The molecule has 0 aromatic carbocycles. The molecule has 1 aliphatic heterocycles. The second kappa shape index (κ2) is 6.94. The van der Waals surface area contributed by atoms with E-state index in [4.69, 9.17) is 4.98 Å². The predicted molar refractivity (Wildman–Crippen MR) is 86.0 cm³/mol. The lowest BCUT2D eigenvalue weighted by atomic mass is 10.1. The molecule has 5 heteroatoms. The van der Waals surface area contributed by atoms with Gasteiger partial charge in [-0.25, -0.2) is 0 Å². The molecule has 0 spiro atoms. The van der Waals surface area contributed by atoms with Gasteiger partial charge in [0.15, 0.2) is 0 Å². The lowest BCUT2D eigenvalue weighted by Crippen LogP contribution is -2.24. The highest BCUT2D eigenvalue weighted by atomic mass is 15.2. The van der Waals surface area contributed by atoms with Crippen LogP contribution >= 0.6 is 0 Å². The van der Waals surface area contributed by atoms with E-state index in [0.29, 0.717) is 6.04 Å². The van der Waals surface area contributed by atoms with E-state index < -0.39 is 0 Å². The molecule has 0 aliphatic carbocycles. The van der Waals surface area contributed by atoms with Crippen molar-refractivity contribution in [1.29, 1.82) is 0 Å². The van der Waals surface area contributed by atoms with Gasteiger partial charge in [0.1, 0.15) is 0 Å². The third-order valence-electron chi connectivity index (χ3n) is 3.99. The van der Waals surface area contributed by atoms with Crippen LogP contribution in [0.1, 0.15) is 35.8 Å². The molecule has 22 heavy (non-hydrogen) atoms. The molecule has 1 aliphatic rings. The van der Waals surface area contributed by atoms with Gasteiger partial charge in [-0.05, 0) is 45.1 Å². The van der Waals surface area contributed by atoms with Crippen molar-refractivity contribution in [3.05, 3.63) is 53.9 Å². The van der Waals surface area contributed by atoms with Crippen LogP contribution in [0.25, 0.3) is 0 Å². The van der Waals surface area contributed by atoms with Crippen molar-refractivity contribution >= 4 is 0 Å². The van der Waals surface area contributed by atoms with Crippen LogP contribution in [-0.4, -0.2) is 45.4 Å². The van der Waals surface area contributed by atoms with Crippen LogP contribution in [0, 0.1) is 0 Å². The first kappa shape index (κ1) is 15.1. The summed E-state index contributed by atoms with van der Waals surface area (Å²) >= 11 is 0. The topological polar surface area (TPSA) is 45.2 Å². The van der Waals surface area contributed by atoms with Crippen molar-refractivity contribution in [3.63, 3.8) is 0 Å². The van der Waals surface area contributed by atoms with Crippen molar-refractivity contribution in [1.82, 2.24) is 24.8 Å². The summed E-state index contributed by atoms with van der Waals surface area (Å²) in [5.41, 5.74) is 3.39. The van der Waals surface area contributed by atoms with Gasteiger partial charge in [0.05, 0.1) is 17.4 Å². The fourth-order valence-corrected chi connectivity index (χ4v) is 3.06. The first-order valence-corrected chi connectivity index (χ1v) is 7.81. The van der Waals surface area contributed by atoms with Crippen LogP contribution in [0.15, 0.2) is 36.9 Å². The van der Waals surface area contributed by atoms with E-state index >= 15 is 0 Å². The summed E-state index contributed by atoms with van der Waals surface area (Å²) in [6.45, 7) is 2.87. The molecule has 1 atom stereocenters. The molecule has 0 saturated carbocycles. The molecule has 0 amide bonds. The lowest BCUT2D eigenvalue weighted by Gasteiger charge is -2.24. The first-order chi connectivity index (χ1) is 10.7. The van der Waals surface area contributed by atoms with E-state index in [0.717, 1.165) is 37.4 Å². The second-order valence-electron chi connectivity index (χ2n) is 6.16. The minimum atomic E-state index is 0.370. The molecule has 3 rings (SSSR count). The quantitative estimate of drug-likeness (QED) is 0.847. The smallest absolute Gasteiger partial charge is 0.0762 e. The van der Waals surface area contributed by atoms with Gasteiger partial charge < -0.3 is 4.90 Å². The number of aromatic nitrogens is 3. The Balaban J connectivity index is 1.75. The molecule has 3 heterocycles. The van der Waals surface area contributed by atoms with Crippen molar-refractivity contribution in [2.75, 3.05) is 20.6 Å². The largest absolute Gasteiger partial charge is 0.304 e. The van der Waals surface area contributed by atoms with Gasteiger partial charge in [-0.2, -0.15) is 0 Å². The normalized spacial score (nSPS) is 19.0. The Morgan fingerprint density at radius 2 is 2.14 bits per heavy atom. The lowest BCUT2D eigenvalue weighted by molar-refractivity contribution is 0.243. The Morgan fingerprint density at radius 1 is 1.23 bits per heavy atom. The van der Waals surface area contributed by atoms with E-state index in [1.165, 1.54) is 12.0 Å². The minimum Gasteiger partial charge on any atom is -0.304 e. The van der Waals surface area contributed by atoms with Crippen molar-refractivity contribution < 1.29 is 0 Å². The van der Waals surface area contributed by atoms with Gasteiger partial charge >= 0.3 is 0 Å². The molecule has 0 radical (unpaired) electrons. The van der Waals surface area contributed by atoms with Crippen molar-refractivity contribution in [2.24, 2.45) is 0 Å². The number of pyridine rings is 1. The zero-order valence-electron chi connectivity index (χ0n) is 13.3. The predicted octanol–water partition coefficient (Wildman–Crippen LogP) is 2.27. The maximum Gasteiger partial charge on any atom is 0.0762 e. The zero-order chi connectivity index (χ0) is 15.4. The SMILES string of the molecule is CN(C)Cc1cncc(C2CCCN2Cc2cccnc2)n1. The molecule has 5 nitrogen and oxygen atoms in total. The van der Waals surface area contributed by atoms with Gasteiger partial charge in [0, 0.05) is 37.9 Å². The Labute approximate surface area is 132 Å². The summed E-state index contributed by atoms with van der Waals surface area (Å²) in [6, 6.07) is 4.50. The standard InChI is InChI=1S/C17H23N5/c1-21(2)13-15-10-19-11-16(20-15)17-6-4-8-22(17)12-14-5-3-7-18-9-14/h3,5,7,9-11,17H,4,6,8,12-13H2,1-2H3. The summed E-state index contributed by atoms with van der Waals surface area (Å²) in [7, 11) is 4.11. The zero-order valence-corrected chi connectivity index (χ0v) is 13.3. The summed E-state index contributed by atoms with van der Waals surface area (Å²) in [5.74, 6) is 0. The summed E-state index contributed by atoms with van der Waals surface area (Å²) in [4.78, 5) is 18.0. The highest BCUT2D eigenvalue weighted by Gasteiger charge is 2.27. The molecular weight excluding hydrogens is 274 g/mol. The maximum absolute atomic E-state index is 4.83. The third kappa shape index (κ3) is 3.67. The Morgan fingerprint density at radius 3 is 2.91 bits per heavy atom. The van der Waals surface area contributed by atoms with Crippen LogP contribution < -0.4 is 0 Å². The van der Waals surface area contributed by atoms with Gasteiger partial charge in [0.2, 0.25) is 0 Å². The highest BCUT2D eigenvalue weighted by molar-refractivity contribution is 5.13. The monoisotopic (exact) mass is 297 g/mol. The van der Waals surface area contributed by atoms with E-state index in [1.54, 1.807) is 0 Å². The van der Waals surface area contributed by atoms with Crippen molar-refractivity contribution in [3.8, 4) is 0 Å². The average Bonchev–Trinajstić information content (AvgIpc) is 2.96. The number of hydrogen-bond acceptors (Lipinski definition) is 5. The summed E-state index contributed by atoms with van der Waals surface area (Å²) < 4.78 is 0. The minimum absolute atomic E-state index is 0.370. The van der Waals surface area contributed by atoms with Crippen LogP contribution in [0.2, 0.25) is 0 Å². The van der Waals surface area contributed by atoms with Gasteiger partial charge in [-0.1, -0.05) is 6.07 Å². The average molecular weight is 297 g/mol. The van der Waals surface area contributed by atoms with Crippen LogP contribution in [0.3, 0.4) is 0 Å². The number of likely N-dealkylation sites (tertiary alicyclic amines) is 1. The van der Waals surface area contributed by atoms with E-state index in [-0.39, 0.29) is 0 Å². The van der Waals surface area contributed by atoms with E-state index in [9.17, 15) is 0 Å². The summed E-state index contributed by atoms with van der Waals surface area (Å²) in [6.07, 6.45) is 9.92. The van der Waals surface area contributed by atoms with Gasteiger partial charge in [-0.15, -0.1) is 0 Å². The van der Waals surface area contributed by atoms with E-state index in [2.05, 4.69) is 39.9 Å². The van der Waals surface area contributed by atoms with Crippen molar-refractivity contribution in [2.45, 2.75) is 32.0 Å². The maximum atomic E-state index is 4.83. The molecule has 1 unspecified atom stereocenters. The Hall–Kier alpha value is -1.85. The highest BCUT2D eigenvalue weighted by Crippen LogP contribution is 2.31. The molecule has 1 saturated heterocycles. The second-order valence-corrected chi connectivity index (χ2v) is 6.16. The molecule has 2 aromatic rings. The fraction of sp³-hybridized carbons (Fsp3) is 0.471. The van der Waals surface area contributed by atoms with Gasteiger partial charge in [0.25, 0.3) is 0 Å². The first-order valence-electron chi connectivity index (χ1n) is 7.81. The van der Waals surface area contributed by atoms with Gasteiger partial charge in [-0.3, -0.25) is 19.9 Å². The molecule has 0 bridgehead atoms.